The number of morpholine rings is 1. The lowest BCUT2D eigenvalue weighted by atomic mass is 10.1. The monoisotopic (exact) mass is 490 g/mol. The average Bonchev–Trinajstić information content (AvgIpc) is 3.23. The van der Waals surface area contributed by atoms with E-state index in [1.807, 2.05) is 48.2 Å². The Morgan fingerprint density at radius 3 is 2.66 bits per heavy atom. The second-order valence-electron chi connectivity index (χ2n) is 8.57. The molecule has 0 unspecified atom stereocenters. The molecule has 5 rings (SSSR count). The van der Waals surface area contributed by atoms with Crippen molar-refractivity contribution in [3.05, 3.63) is 65.1 Å². The Labute approximate surface area is 208 Å². The average molecular weight is 491 g/mol. The summed E-state index contributed by atoms with van der Waals surface area (Å²) in [6.45, 7) is 7.48. The summed E-state index contributed by atoms with van der Waals surface area (Å²) < 4.78 is 7.54. The SMILES string of the molecule is CCCn1cc(-c2ccnc(Nc3ccc(C(=O)N4CCOCC4)cc3)n2)c2nc(Cl)cc(C)c21. The fraction of sp³-hybridized carbons (Fsp3) is 0.308. The summed E-state index contributed by atoms with van der Waals surface area (Å²) in [6.07, 6.45) is 4.82. The van der Waals surface area contributed by atoms with Crippen LogP contribution < -0.4 is 5.32 Å². The quantitative estimate of drug-likeness (QED) is 0.379. The Hall–Kier alpha value is -3.49. The fourth-order valence-electron chi connectivity index (χ4n) is 4.41. The van der Waals surface area contributed by atoms with Crippen LogP contribution in [0.3, 0.4) is 0 Å². The van der Waals surface area contributed by atoms with Crippen LogP contribution >= 0.6 is 11.6 Å². The molecule has 9 heteroatoms. The molecule has 0 radical (unpaired) electrons. The Morgan fingerprint density at radius 2 is 1.91 bits per heavy atom. The number of hydrogen-bond acceptors (Lipinski definition) is 6. The molecule has 4 heterocycles. The molecule has 1 fully saturated rings. The number of nitrogens with zero attached hydrogens (tertiary/aromatic N) is 5. The summed E-state index contributed by atoms with van der Waals surface area (Å²) >= 11 is 6.29. The topological polar surface area (TPSA) is 85.2 Å². The van der Waals surface area contributed by atoms with Crippen molar-refractivity contribution in [2.24, 2.45) is 0 Å². The van der Waals surface area contributed by atoms with Gasteiger partial charge in [-0.3, -0.25) is 4.79 Å². The van der Waals surface area contributed by atoms with Crippen LogP contribution in [0.15, 0.2) is 48.8 Å². The van der Waals surface area contributed by atoms with E-state index in [1.165, 1.54) is 0 Å². The van der Waals surface area contributed by atoms with Crippen LogP contribution in [-0.4, -0.2) is 56.6 Å². The Kier molecular flexibility index (Phi) is 6.66. The van der Waals surface area contributed by atoms with Gasteiger partial charge in [0.2, 0.25) is 5.95 Å². The molecular formula is C26H27ClN6O2. The van der Waals surface area contributed by atoms with Gasteiger partial charge in [-0.25, -0.2) is 15.0 Å². The van der Waals surface area contributed by atoms with E-state index in [0.29, 0.717) is 43.0 Å². The molecule has 4 aromatic rings. The van der Waals surface area contributed by atoms with Crippen molar-refractivity contribution in [2.45, 2.75) is 26.8 Å². The second kappa shape index (κ2) is 10.0. The number of amides is 1. The molecule has 1 aliphatic rings. The number of aryl methyl sites for hydroxylation is 2. The van der Waals surface area contributed by atoms with Crippen LogP contribution in [0.25, 0.3) is 22.3 Å². The Morgan fingerprint density at radius 1 is 1.14 bits per heavy atom. The summed E-state index contributed by atoms with van der Waals surface area (Å²) in [4.78, 5) is 28.2. The van der Waals surface area contributed by atoms with Crippen molar-refractivity contribution in [1.82, 2.24) is 24.4 Å². The van der Waals surface area contributed by atoms with E-state index in [1.54, 1.807) is 6.20 Å². The Balaban J connectivity index is 1.40. The number of benzene rings is 1. The number of nitrogens with one attached hydrogen (secondary N) is 1. The van der Waals surface area contributed by atoms with Crippen molar-refractivity contribution in [3.8, 4) is 11.3 Å². The molecule has 0 saturated carbocycles. The van der Waals surface area contributed by atoms with Gasteiger partial charge in [0.15, 0.2) is 0 Å². The predicted molar refractivity (Wildman–Crippen MR) is 137 cm³/mol. The second-order valence-corrected chi connectivity index (χ2v) is 8.95. The molecule has 1 amide bonds. The highest BCUT2D eigenvalue weighted by molar-refractivity contribution is 6.30. The summed E-state index contributed by atoms with van der Waals surface area (Å²) in [7, 11) is 0. The number of pyridine rings is 1. The van der Waals surface area contributed by atoms with Gasteiger partial charge in [0.05, 0.1) is 29.9 Å². The predicted octanol–water partition coefficient (Wildman–Crippen LogP) is 5.08. The van der Waals surface area contributed by atoms with Crippen molar-refractivity contribution in [3.63, 3.8) is 0 Å². The summed E-state index contributed by atoms with van der Waals surface area (Å²) in [5, 5.41) is 3.70. The van der Waals surface area contributed by atoms with E-state index in [-0.39, 0.29) is 5.91 Å². The van der Waals surface area contributed by atoms with E-state index >= 15 is 0 Å². The first-order chi connectivity index (χ1) is 17.0. The molecule has 0 atom stereocenters. The largest absolute Gasteiger partial charge is 0.378 e. The molecule has 1 N–H and O–H groups in total. The number of hydrogen-bond donors (Lipinski definition) is 1. The Bertz CT molecular complexity index is 1360. The molecule has 1 saturated heterocycles. The number of halogens is 1. The van der Waals surface area contributed by atoms with Crippen LogP contribution in [0.5, 0.6) is 0 Å². The van der Waals surface area contributed by atoms with Gasteiger partial charge < -0.3 is 19.5 Å². The highest BCUT2D eigenvalue weighted by atomic mass is 35.5. The van der Waals surface area contributed by atoms with Crippen LogP contribution in [0.1, 0.15) is 29.3 Å². The van der Waals surface area contributed by atoms with Gasteiger partial charge in [-0.15, -0.1) is 0 Å². The minimum absolute atomic E-state index is 0.0167. The van der Waals surface area contributed by atoms with Gasteiger partial charge in [0, 0.05) is 48.8 Å². The van der Waals surface area contributed by atoms with E-state index < -0.39 is 0 Å². The molecule has 1 aromatic carbocycles. The molecule has 0 spiro atoms. The highest BCUT2D eigenvalue weighted by Crippen LogP contribution is 2.32. The molecule has 0 bridgehead atoms. The minimum atomic E-state index is 0.0167. The van der Waals surface area contributed by atoms with Gasteiger partial charge in [-0.1, -0.05) is 18.5 Å². The summed E-state index contributed by atoms with van der Waals surface area (Å²) in [6, 6.07) is 11.1. The van der Waals surface area contributed by atoms with Crippen LogP contribution in [-0.2, 0) is 11.3 Å². The molecule has 180 valence electrons. The van der Waals surface area contributed by atoms with Gasteiger partial charge in [0.1, 0.15) is 5.15 Å². The van der Waals surface area contributed by atoms with Gasteiger partial charge in [-0.05, 0) is 55.3 Å². The first kappa shape index (κ1) is 23.3. The number of ether oxygens (including phenoxy) is 1. The molecule has 0 aliphatic carbocycles. The molecule has 8 nitrogen and oxygen atoms in total. The number of carbonyl (C=O) groups is 1. The van der Waals surface area contributed by atoms with Crippen LogP contribution in [0.4, 0.5) is 11.6 Å². The van der Waals surface area contributed by atoms with Crippen molar-refractivity contribution < 1.29 is 9.53 Å². The number of rotatable bonds is 6. The zero-order valence-electron chi connectivity index (χ0n) is 19.8. The standard InChI is InChI=1S/C26H27ClN6O2/c1-3-10-33-16-20(23-24(33)17(2)15-22(27)31-23)21-8-9-28-26(30-21)29-19-6-4-18(5-7-19)25(34)32-11-13-35-14-12-32/h4-9,15-16H,3,10-14H2,1-2H3,(H,28,29,30). The number of aromatic nitrogens is 4. The lowest BCUT2D eigenvalue weighted by Gasteiger charge is -2.26. The third-order valence-corrected chi connectivity index (χ3v) is 6.26. The van der Waals surface area contributed by atoms with Crippen LogP contribution in [0, 0.1) is 6.92 Å². The van der Waals surface area contributed by atoms with Gasteiger partial charge in [0.25, 0.3) is 5.91 Å². The van der Waals surface area contributed by atoms with Crippen molar-refractivity contribution >= 4 is 40.2 Å². The number of fused-ring (bicyclic) bond motifs is 1. The van der Waals surface area contributed by atoms with E-state index in [2.05, 4.69) is 33.0 Å². The van der Waals surface area contributed by atoms with E-state index in [0.717, 1.165) is 46.5 Å². The molecular weight excluding hydrogens is 464 g/mol. The summed E-state index contributed by atoms with van der Waals surface area (Å²) in [5.41, 5.74) is 6.10. The first-order valence-electron chi connectivity index (χ1n) is 11.8. The van der Waals surface area contributed by atoms with Gasteiger partial charge >= 0.3 is 0 Å². The van der Waals surface area contributed by atoms with Gasteiger partial charge in [-0.2, -0.15) is 0 Å². The zero-order valence-corrected chi connectivity index (χ0v) is 20.5. The zero-order chi connectivity index (χ0) is 24.4. The van der Waals surface area contributed by atoms with Crippen molar-refractivity contribution in [1.29, 1.82) is 0 Å². The molecule has 1 aliphatic heterocycles. The maximum atomic E-state index is 12.7. The third-order valence-electron chi connectivity index (χ3n) is 6.06. The van der Waals surface area contributed by atoms with Crippen LogP contribution in [0.2, 0.25) is 5.15 Å². The normalized spacial score (nSPS) is 13.9. The van der Waals surface area contributed by atoms with E-state index in [4.69, 9.17) is 21.3 Å². The molecule has 3 aromatic heterocycles. The number of anilines is 2. The van der Waals surface area contributed by atoms with E-state index in [9.17, 15) is 4.79 Å². The number of carbonyl (C=O) groups excluding carboxylic acids is 1. The maximum Gasteiger partial charge on any atom is 0.254 e. The molecule has 35 heavy (non-hydrogen) atoms. The van der Waals surface area contributed by atoms with Crippen molar-refractivity contribution in [2.75, 3.05) is 31.6 Å². The first-order valence-corrected chi connectivity index (χ1v) is 12.1. The summed E-state index contributed by atoms with van der Waals surface area (Å²) in [5.74, 6) is 0.480. The third kappa shape index (κ3) is 4.85. The smallest absolute Gasteiger partial charge is 0.254 e. The maximum absolute atomic E-state index is 12.7. The lowest BCUT2D eigenvalue weighted by Crippen LogP contribution is -2.40. The highest BCUT2D eigenvalue weighted by Gasteiger charge is 2.19. The lowest BCUT2D eigenvalue weighted by molar-refractivity contribution is 0.0303. The minimum Gasteiger partial charge on any atom is -0.378 e. The fourth-order valence-corrected chi connectivity index (χ4v) is 4.65.